The van der Waals surface area contributed by atoms with Crippen LogP contribution in [-0.2, 0) is 9.53 Å². The first-order valence-electron chi connectivity index (χ1n) is 6.49. The van der Waals surface area contributed by atoms with Gasteiger partial charge in [-0.1, -0.05) is 0 Å². The number of likely N-dealkylation sites (tertiary alicyclic amines) is 1. The van der Waals surface area contributed by atoms with Gasteiger partial charge in [0.2, 0.25) is 5.91 Å². The highest BCUT2D eigenvalue weighted by molar-refractivity contribution is 5.74. The van der Waals surface area contributed by atoms with Crippen molar-refractivity contribution in [1.82, 2.24) is 10.2 Å². The Labute approximate surface area is 108 Å². The largest absolute Gasteiger partial charge is 0.450 e. The molecule has 1 heterocycles. The molecule has 0 aromatic heterocycles. The van der Waals surface area contributed by atoms with Crippen molar-refractivity contribution in [3.63, 3.8) is 0 Å². The van der Waals surface area contributed by atoms with Gasteiger partial charge in [0, 0.05) is 31.6 Å². The molecule has 1 fully saturated rings. The molecule has 0 aliphatic carbocycles. The van der Waals surface area contributed by atoms with Crippen LogP contribution in [-0.4, -0.2) is 48.7 Å². The van der Waals surface area contributed by atoms with E-state index in [9.17, 15) is 9.59 Å². The molecule has 1 aliphatic heterocycles. The highest BCUT2D eigenvalue weighted by Gasteiger charge is 2.24. The lowest BCUT2D eigenvalue weighted by molar-refractivity contribution is -0.118. The first-order chi connectivity index (χ1) is 8.52. The number of nitrogens with one attached hydrogen (secondary N) is 1. The van der Waals surface area contributed by atoms with Crippen LogP contribution in [0, 0.1) is 0 Å². The fourth-order valence-corrected chi connectivity index (χ4v) is 2.21. The minimum Gasteiger partial charge on any atom is -0.450 e. The molecule has 0 aromatic carbocycles. The lowest BCUT2D eigenvalue weighted by Crippen LogP contribution is -2.47. The number of ether oxygens (including phenoxy) is 1. The molecule has 2 amide bonds. The van der Waals surface area contributed by atoms with Crippen molar-refractivity contribution in [2.24, 2.45) is 5.73 Å². The van der Waals surface area contributed by atoms with Crippen molar-refractivity contribution in [3.8, 4) is 0 Å². The number of primary amides is 1. The van der Waals surface area contributed by atoms with Crippen LogP contribution in [0.2, 0.25) is 0 Å². The van der Waals surface area contributed by atoms with Gasteiger partial charge < -0.3 is 20.7 Å². The maximum absolute atomic E-state index is 11.5. The lowest BCUT2D eigenvalue weighted by Gasteiger charge is -2.33. The summed E-state index contributed by atoms with van der Waals surface area (Å²) in [4.78, 5) is 24.0. The minimum absolute atomic E-state index is 0.0849. The van der Waals surface area contributed by atoms with Crippen LogP contribution < -0.4 is 11.1 Å². The van der Waals surface area contributed by atoms with Crippen LogP contribution in [0.3, 0.4) is 0 Å². The SMILES string of the molecule is CCOC(=O)N1CCC(NC(C)CC(N)=O)CC1. The van der Waals surface area contributed by atoms with Gasteiger partial charge in [0.15, 0.2) is 0 Å². The minimum atomic E-state index is -0.293. The number of nitrogens with two attached hydrogens (primary N) is 1. The second-order valence-electron chi connectivity index (χ2n) is 4.70. The Balaban J connectivity index is 2.26. The molecule has 0 saturated carbocycles. The zero-order valence-corrected chi connectivity index (χ0v) is 11.1. The fourth-order valence-electron chi connectivity index (χ4n) is 2.21. The molecule has 6 nitrogen and oxygen atoms in total. The van der Waals surface area contributed by atoms with Crippen molar-refractivity contribution < 1.29 is 14.3 Å². The molecule has 1 rings (SSSR count). The number of piperidine rings is 1. The second kappa shape index (κ2) is 7.20. The number of amides is 2. The van der Waals surface area contributed by atoms with Crippen molar-refractivity contribution in [2.75, 3.05) is 19.7 Å². The standard InChI is InChI=1S/C12H23N3O3/c1-3-18-12(17)15-6-4-10(5-7-15)14-9(2)8-11(13)16/h9-10,14H,3-8H2,1-2H3,(H2,13,16). The Morgan fingerprint density at radius 3 is 2.56 bits per heavy atom. The topological polar surface area (TPSA) is 84.7 Å². The van der Waals surface area contributed by atoms with E-state index < -0.39 is 0 Å². The molecule has 1 unspecified atom stereocenters. The Kier molecular flexibility index (Phi) is 5.91. The maximum Gasteiger partial charge on any atom is 0.409 e. The highest BCUT2D eigenvalue weighted by Crippen LogP contribution is 2.12. The molecular weight excluding hydrogens is 234 g/mol. The third kappa shape index (κ3) is 4.91. The van der Waals surface area contributed by atoms with Crippen LogP contribution in [0.1, 0.15) is 33.1 Å². The van der Waals surface area contributed by atoms with Gasteiger partial charge in [-0.3, -0.25) is 4.79 Å². The van der Waals surface area contributed by atoms with E-state index in [1.54, 1.807) is 11.8 Å². The predicted molar refractivity (Wildman–Crippen MR) is 68.0 cm³/mol. The first kappa shape index (κ1) is 14.8. The summed E-state index contributed by atoms with van der Waals surface area (Å²) in [5.74, 6) is -0.293. The molecule has 0 bridgehead atoms. The molecule has 104 valence electrons. The van der Waals surface area contributed by atoms with Crippen LogP contribution in [0.4, 0.5) is 4.79 Å². The van der Waals surface area contributed by atoms with Crippen molar-refractivity contribution in [3.05, 3.63) is 0 Å². The predicted octanol–water partition coefficient (Wildman–Crippen LogP) is 0.461. The summed E-state index contributed by atoms with van der Waals surface area (Å²) in [6.45, 7) is 5.55. The number of rotatable bonds is 5. The molecule has 0 spiro atoms. The van der Waals surface area contributed by atoms with Gasteiger partial charge in [-0.2, -0.15) is 0 Å². The summed E-state index contributed by atoms with van der Waals surface area (Å²) >= 11 is 0. The summed E-state index contributed by atoms with van der Waals surface area (Å²) < 4.78 is 4.96. The molecule has 18 heavy (non-hydrogen) atoms. The zero-order chi connectivity index (χ0) is 13.5. The van der Waals surface area contributed by atoms with Gasteiger partial charge in [-0.15, -0.1) is 0 Å². The normalized spacial score (nSPS) is 18.4. The van der Waals surface area contributed by atoms with E-state index in [-0.39, 0.29) is 18.0 Å². The second-order valence-corrected chi connectivity index (χ2v) is 4.70. The highest BCUT2D eigenvalue weighted by atomic mass is 16.6. The number of hydrogen-bond donors (Lipinski definition) is 2. The molecule has 3 N–H and O–H groups in total. The Morgan fingerprint density at radius 1 is 1.44 bits per heavy atom. The third-order valence-electron chi connectivity index (χ3n) is 3.05. The Bertz CT molecular complexity index is 288. The Morgan fingerprint density at radius 2 is 2.06 bits per heavy atom. The quantitative estimate of drug-likeness (QED) is 0.749. The summed E-state index contributed by atoms with van der Waals surface area (Å²) in [6.07, 6.45) is 1.86. The summed E-state index contributed by atoms with van der Waals surface area (Å²) in [6, 6.07) is 0.423. The zero-order valence-electron chi connectivity index (χ0n) is 11.1. The van der Waals surface area contributed by atoms with Crippen molar-refractivity contribution in [1.29, 1.82) is 0 Å². The van der Waals surface area contributed by atoms with Gasteiger partial charge in [0.25, 0.3) is 0 Å². The summed E-state index contributed by atoms with van der Waals surface area (Å²) in [5, 5.41) is 3.36. The smallest absolute Gasteiger partial charge is 0.409 e. The van der Waals surface area contributed by atoms with Crippen LogP contribution in [0.15, 0.2) is 0 Å². The van der Waals surface area contributed by atoms with Gasteiger partial charge in [-0.25, -0.2) is 4.79 Å². The lowest BCUT2D eigenvalue weighted by atomic mass is 10.0. The van der Waals surface area contributed by atoms with Gasteiger partial charge in [0.1, 0.15) is 0 Å². The van der Waals surface area contributed by atoms with E-state index in [1.165, 1.54) is 0 Å². The molecule has 6 heteroatoms. The third-order valence-corrected chi connectivity index (χ3v) is 3.05. The molecule has 0 aromatic rings. The van der Waals surface area contributed by atoms with E-state index in [2.05, 4.69) is 5.32 Å². The van der Waals surface area contributed by atoms with E-state index in [0.29, 0.717) is 32.2 Å². The maximum atomic E-state index is 11.5. The monoisotopic (exact) mass is 257 g/mol. The molecule has 0 radical (unpaired) electrons. The average Bonchev–Trinajstić information content (AvgIpc) is 2.29. The molecule has 1 atom stereocenters. The molecule has 1 aliphatic rings. The average molecular weight is 257 g/mol. The molecule has 1 saturated heterocycles. The number of nitrogens with zero attached hydrogens (tertiary/aromatic N) is 1. The molecular formula is C12H23N3O3. The van der Waals surface area contributed by atoms with Gasteiger partial charge in [0.05, 0.1) is 6.61 Å². The van der Waals surface area contributed by atoms with Crippen molar-refractivity contribution >= 4 is 12.0 Å². The number of carbonyl (C=O) groups is 2. The summed E-state index contributed by atoms with van der Waals surface area (Å²) in [5.41, 5.74) is 5.15. The van der Waals surface area contributed by atoms with Crippen LogP contribution >= 0.6 is 0 Å². The van der Waals surface area contributed by atoms with E-state index >= 15 is 0 Å². The van der Waals surface area contributed by atoms with Gasteiger partial charge >= 0.3 is 6.09 Å². The summed E-state index contributed by atoms with van der Waals surface area (Å²) in [7, 11) is 0. The number of carbonyl (C=O) groups excluding carboxylic acids is 2. The fraction of sp³-hybridized carbons (Fsp3) is 0.833. The van der Waals surface area contributed by atoms with E-state index in [1.807, 2.05) is 6.92 Å². The van der Waals surface area contributed by atoms with Crippen LogP contribution in [0.5, 0.6) is 0 Å². The van der Waals surface area contributed by atoms with Gasteiger partial charge in [-0.05, 0) is 26.7 Å². The number of hydrogen-bond acceptors (Lipinski definition) is 4. The first-order valence-corrected chi connectivity index (χ1v) is 6.49. The van der Waals surface area contributed by atoms with E-state index in [4.69, 9.17) is 10.5 Å². The van der Waals surface area contributed by atoms with Crippen molar-refractivity contribution in [2.45, 2.75) is 45.2 Å². The van der Waals surface area contributed by atoms with E-state index in [0.717, 1.165) is 12.8 Å². The Hall–Kier alpha value is -1.30. The van der Waals surface area contributed by atoms with Crippen LogP contribution in [0.25, 0.3) is 0 Å².